The fourth-order valence-electron chi connectivity index (χ4n) is 3.09. The van der Waals surface area contributed by atoms with Gasteiger partial charge in [-0.2, -0.15) is 0 Å². The first-order valence-electron chi connectivity index (χ1n) is 8.42. The minimum atomic E-state index is 0.211. The lowest BCUT2D eigenvalue weighted by Crippen LogP contribution is -2.46. The minimum Gasteiger partial charge on any atom is -0.312 e. The van der Waals surface area contributed by atoms with E-state index in [1.807, 2.05) is 0 Å². The number of benzene rings is 1. The molecule has 0 radical (unpaired) electrons. The molecule has 0 saturated carbocycles. The summed E-state index contributed by atoms with van der Waals surface area (Å²) in [5.74, 6) is 0.672. The van der Waals surface area contributed by atoms with Gasteiger partial charge in [-0.15, -0.1) is 0 Å². The first-order chi connectivity index (χ1) is 9.87. The maximum Gasteiger partial charge on any atom is 0.0105 e. The topological polar surface area (TPSA) is 15.3 Å². The Labute approximate surface area is 130 Å². The fourth-order valence-corrected chi connectivity index (χ4v) is 3.09. The molecule has 0 spiro atoms. The highest BCUT2D eigenvalue weighted by Crippen LogP contribution is 2.19. The zero-order valence-corrected chi connectivity index (χ0v) is 14.4. The Hall–Kier alpha value is -0.860. The van der Waals surface area contributed by atoms with Crippen LogP contribution in [0.1, 0.15) is 45.7 Å². The Balaban J connectivity index is 1.91. The van der Waals surface area contributed by atoms with Gasteiger partial charge in [0.1, 0.15) is 0 Å². The van der Waals surface area contributed by atoms with Gasteiger partial charge in [0.15, 0.2) is 0 Å². The molecule has 1 N–H and O–H groups in total. The van der Waals surface area contributed by atoms with Crippen molar-refractivity contribution >= 4 is 0 Å². The van der Waals surface area contributed by atoms with Crippen LogP contribution in [0.2, 0.25) is 0 Å². The molecule has 2 heteroatoms. The van der Waals surface area contributed by atoms with E-state index in [4.69, 9.17) is 0 Å². The molecule has 0 fully saturated rings. The van der Waals surface area contributed by atoms with Gasteiger partial charge in [0.25, 0.3) is 0 Å². The summed E-state index contributed by atoms with van der Waals surface area (Å²) in [5.41, 5.74) is 3.31. The van der Waals surface area contributed by atoms with Crippen molar-refractivity contribution in [2.75, 3.05) is 19.6 Å². The summed E-state index contributed by atoms with van der Waals surface area (Å²) in [4.78, 5) is 2.68. The van der Waals surface area contributed by atoms with Crippen molar-refractivity contribution in [1.82, 2.24) is 10.2 Å². The van der Waals surface area contributed by atoms with Gasteiger partial charge in [0.2, 0.25) is 0 Å². The molecule has 0 bridgehead atoms. The first-order valence-corrected chi connectivity index (χ1v) is 8.42. The number of rotatable bonds is 4. The zero-order valence-electron chi connectivity index (χ0n) is 14.4. The summed E-state index contributed by atoms with van der Waals surface area (Å²) >= 11 is 0. The number of nitrogens with zero attached hydrogens (tertiary/aromatic N) is 1. The van der Waals surface area contributed by atoms with Crippen LogP contribution in [0, 0.1) is 5.92 Å². The van der Waals surface area contributed by atoms with Gasteiger partial charge < -0.3 is 5.32 Å². The van der Waals surface area contributed by atoms with Crippen LogP contribution < -0.4 is 5.32 Å². The van der Waals surface area contributed by atoms with Crippen molar-refractivity contribution in [3.63, 3.8) is 0 Å². The van der Waals surface area contributed by atoms with E-state index in [1.54, 1.807) is 11.1 Å². The van der Waals surface area contributed by atoms with Crippen LogP contribution in [0.5, 0.6) is 0 Å². The summed E-state index contributed by atoms with van der Waals surface area (Å²) in [6, 6.07) is 9.58. The van der Waals surface area contributed by atoms with E-state index >= 15 is 0 Å². The molecular formula is C19H32N2. The smallest absolute Gasteiger partial charge is 0.0105 e. The minimum absolute atomic E-state index is 0.211. The van der Waals surface area contributed by atoms with Gasteiger partial charge in [0.05, 0.1) is 0 Å². The van der Waals surface area contributed by atoms with Crippen LogP contribution in [0.15, 0.2) is 24.3 Å². The third-order valence-electron chi connectivity index (χ3n) is 4.81. The van der Waals surface area contributed by atoms with Gasteiger partial charge in [-0.25, -0.2) is 0 Å². The van der Waals surface area contributed by atoms with Gasteiger partial charge in [-0.1, -0.05) is 31.2 Å². The standard InChI is InChI=1S/C19H32N2/c1-15(14-20-19(3,4)5)16(2)21-12-10-17-8-6-7-9-18(17)11-13-21/h6-9,15-16,20H,10-14H2,1-5H3. The van der Waals surface area contributed by atoms with Crippen molar-refractivity contribution in [2.45, 2.75) is 59.0 Å². The fraction of sp³-hybridized carbons (Fsp3) is 0.684. The van der Waals surface area contributed by atoms with Crippen molar-refractivity contribution in [3.8, 4) is 0 Å². The molecule has 0 aliphatic carbocycles. The molecule has 2 atom stereocenters. The highest BCUT2D eigenvalue weighted by molar-refractivity contribution is 5.28. The van der Waals surface area contributed by atoms with Crippen LogP contribution in [0.25, 0.3) is 0 Å². The monoisotopic (exact) mass is 288 g/mol. The molecule has 118 valence electrons. The average Bonchev–Trinajstić information content (AvgIpc) is 2.65. The lowest BCUT2D eigenvalue weighted by atomic mass is 9.99. The summed E-state index contributed by atoms with van der Waals surface area (Å²) < 4.78 is 0. The van der Waals surface area contributed by atoms with Crippen LogP contribution in [0.3, 0.4) is 0 Å². The molecule has 2 rings (SSSR count). The largest absolute Gasteiger partial charge is 0.312 e. The maximum atomic E-state index is 3.65. The van der Waals surface area contributed by atoms with E-state index in [9.17, 15) is 0 Å². The Morgan fingerprint density at radius 3 is 2.05 bits per heavy atom. The predicted molar refractivity (Wildman–Crippen MR) is 91.8 cm³/mol. The van der Waals surface area contributed by atoms with Gasteiger partial charge in [0, 0.05) is 24.7 Å². The Morgan fingerprint density at radius 2 is 1.57 bits per heavy atom. The summed E-state index contributed by atoms with van der Waals surface area (Å²) in [6.45, 7) is 15.0. The van der Waals surface area contributed by atoms with Gasteiger partial charge in [-0.05, 0) is 64.1 Å². The second-order valence-electron chi connectivity index (χ2n) is 7.65. The average molecular weight is 288 g/mol. The van der Waals surface area contributed by atoms with E-state index in [-0.39, 0.29) is 5.54 Å². The number of hydrogen-bond acceptors (Lipinski definition) is 2. The molecule has 0 aromatic heterocycles. The van der Waals surface area contributed by atoms with E-state index in [2.05, 4.69) is 69.1 Å². The quantitative estimate of drug-likeness (QED) is 0.912. The predicted octanol–water partition coefficient (Wildman–Crippen LogP) is 3.50. The SMILES string of the molecule is CC(CNC(C)(C)C)C(C)N1CCc2ccccc2CC1. The van der Waals surface area contributed by atoms with E-state index in [0.29, 0.717) is 12.0 Å². The molecule has 1 heterocycles. The maximum absolute atomic E-state index is 3.65. The van der Waals surface area contributed by atoms with E-state index in [1.165, 1.54) is 25.9 Å². The normalized spacial score (nSPS) is 19.7. The second-order valence-corrected chi connectivity index (χ2v) is 7.65. The molecule has 1 aliphatic rings. The Kier molecular flexibility index (Phi) is 5.45. The molecule has 2 unspecified atom stereocenters. The van der Waals surface area contributed by atoms with E-state index in [0.717, 1.165) is 6.54 Å². The van der Waals surface area contributed by atoms with Gasteiger partial charge in [-0.3, -0.25) is 4.90 Å². The van der Waals surface area contributed by atoms with Crippen molar-refractivity contribution in [2.24, 2.45) is 5.92 Å². The van der Waals surface area contributed by atoms with Crippen molar-refractivity contribution in [1.29, 1.82) is 0 Å². The van der Waals surface area contributed by atoms with E-state index < -0.39 is 0 Å². The Morgan fingerprint density at radius 1 is 1.05 bits per heavy atom. The van der Waals surface area contributed by atoms with Crippen LogP contribution in [-0.2, 0) is 12.8 Å². The number of hydrogen-bond donors (Lipinski definition) is 1. The first kappa shape index (κ1) is 16.5. The number of fused-ring (bicyclic) bond motifs is 1. The van der Waals surface area contributed by atoms with Crippen LogP contribution in [-0.4, -0.2) is 36.1 Å². The van der Waals surface area contributed by atoms with Crippen LogP contribution in [0.4, 0.5) is 0 Å². The third-order valence-corrected chi connectivity index (χ3v) is 4.81. The summed E-state index contributed by atoms with van der Waals surface area (Å²) in [5, 5.41) is 3.65. The molecular weight excluding hydrogens is 256 g/mol. The molecule has 0 amide bonds. The molecule has 0 saturated heterocycles. The molecule has 2 nitrogen and oxygen atoms in total. The third kappa shape index (κ3) is 4.82. The van der Waals surface area contributed by atoms with Gasteiger partial charge >= 0.3 is 0 Å². The lowest BCUT2D eigenvalue weighted by molar-refractivity contribution is 0.161. The molecule has 21 heavy (non-hydrogen) atoms. The lowest BCUT2D eigenvalue weighted by Gasteiger charge is -2.34. The zero-order chi connectivity index (χ0) is 15.5. The highest BCUT2D eigenvalue weighted by atomic mass is 15.2. The molecule has 1 aromatic carbocycles. The molecule has 1 aliphatic heterocycles. The number of nitrogens with one attached hydrogen (secondary N) is 1. The Bertz CT molecular complexity index is 420. The highest BCUT2D eigenvalue weighted by Gasteiger charge is 2.23. The molecule has 1 aromatic rings. The van der Waals surface area contributed by atoms with Crippen molar-refractivity contribution < 1.29 is 0 Å². The van der Waals surface area contributed by atoms with Crippen LogP contribution >= 0.6 is 0 Å². The second kappa shape index (κ2) is 6.93. The van der Waals surface area contributed by atoms with Crippen molar-refractivity contribution in [3.05, 3.63) is 35.4 Å². The summed E-state index contributed by atoms with van der Waals surface area (Å²) in [7, 11) is 0. The summed E-state index contributed by atoms with van der Waals surface area (Å²) in [6.07, 6.45) is 2.39.